The van der Waals surface area contributed by atoms with Gasteiger partial charge in [-0.2, -0.15) is 5.26 Å². The molecule has 28 heavy (non-hydrogen) atoms. The van der Waals surface area contributed by atoms with E-state index in [1.807, 2.05) is 73.7 Å². The summed E-state index contributed by atoms with van der Waals surface area (Å²) in [4.78, 5) is 11.5. The molecule has 0 bridgehead atoms. The smallest absolute Gasteiger partial charge is 0.334 e. The Bertz CT molecular complexity index is 872. The molecular formula is C25H25NO2. The van der Waals surface area contributed by atoms with Gasteiger partial charge in [0.1, 0.15) is 0 Å². The number of hydrogen-bond acceptors (Lipinski definition) is 3. The third-order valence-electron chi connectivity index (χ3n) is 3.79. The van der Waals surface area contributed by atoms with Crippen molar-refractivity contribution in [2.75, 3.05) is 7.11 Å². The van der Waals surface area contributed by atoms with Gasteiger partial charge in [0, 0.05) is 17.6 Å². The summed E-state index contributed by atoms with van der Waals surface area (Å²) in [6, 6.07) is 21.7. The molecule has 0 aliphatic rings. The number of carbonyl (C=O) groups excluding carboxylic acids is 1. The van der Waals surface area contributed by atoms with Crippen molar-refractivity contribution in [1.82, 2.24) is 0 Å². The highest BCUT2D eigenvalue weighted by molar-refractivity contribution is 5.89. The molecule has 0 amide bonds. The molecule has 0 heterocycles. The molecule has 0 N–H and O–H groups in total. The molecule has 3 heteroatoms. The van der Waals surface area contributed by atoms with E-state index in [2.05, 4.69) is 30.0 Å². The minimum Gasteiger partial charge on any atom is -0.466 e. The van der Waals surface area contributed by atoms with Gasteiger partial charge in [0.2, 0.25) is 0 Å². The van der Waals surface area contributed by atoms with Crippen LogP contribution in [0.25, 0.3) is 11.6 Å². The topological polar surface area (TPSA) is 50.1 Å². The van der Waals surface area contributed by atoms with Crippen LogP contribution in [0.4, 0.5) is 0 Å². The lowest BCUT2D eigenvalue weighted by Gasteiger charge is -2.09. The SMILES string of the molecule is C=C(C(=O)OC)C(C=CC#N)C=Cc1ccccc1.C=C(C)c1ccccc1. The van der Waals surface area contributed by atoms with Crippen LogP contribution in [0.15, 0.2) is 97.6 Å². The molecule has 1 unspecified atom stereocenters. The first-order valence-corrected chi connectivity index (χ1v) is 8.77. The van der Waals surface area contributed by atoms with Crippen molar-refractivity contribution in [2.45, 2.75) is 6.92 Å². The van der Waals surface area contributed by atoms with Gasteiger partial charge in [-0.3, -0.25) is 0 Å². The number of ether oxygens (including phenoxy) is 1. The quantitative estimate of drug-likeness (QED) is 0.364. The summed E-state index contributed by atoms with van der Waals surface area (Å²) in [6.45, 7) is 9.54. The Hall–Kier alpha value is -3.64. The van der Waals surface area contributed by atoms with Crippen molar-refractivity contribution in [3.05, 3.63) is 109 Å². The molecule has 0 aliphatic carbocycles. The van der Waals surface area contributed by atoms with Gasteiger partial charge >= 0.3 is 5.97 Å². The van der Waals surface area contributed by atoms with Crippen LogP contribution in [-0.2, 0) is 9.53 Å². The molecular weight excluding hydrogens is 346 g/mol. The second kappa shape index (κ2) is 12.7. The zero-order valence-electron chi connectivity index (χ0n) is 16.3. The lowest BCUT2D eigenvalue weighted by atomic mass is 9.98. The molecule has 0 fully saturated rings. The van der Waals surface area contributed by atoms with Crippen molar-refractivity contribution in [1.29, 1.82) is 5.26 Å². The number of esters is 1. The Morgan fingerprint density at radius 2 is 1.61 bits per heavy atom. The summed E-state index contributed by atoms with van der Waals surface area (Å²) in [5.74, 6) is -0.836. The average molecular weight is 371 g/mol. The fraction of sp³-hybridized carbons (Fsp3) is 0.120. The maximum Gasteiger partial charge on any atom is 0.334 e. The van der Waals surface area contributed by atoms with Crippen molar-refractivity contribution >= 4 is 17.6 Å². The van der Waals surface area contributed by atoms with Gasteiger partial charge in [-0.1, -0.05) is 97.6 Å². The number of benzene rings is 2. The second-order valence-corrected chi connectivity index (χ2v) is 5.95. The van der Waals surface area contributed by atoms with Crippen LogP contribution in [0.1, 0.15) is 18.1 Å². The predicted molar refractivity (Wildman–Crippen MR) is 116 cm³/mol. The standard InChI is InChI=1S/C16H15NO2.C9H10/c1-13(16(18)19-2)15(9-6-12-17)11-10-14-7-4-3-5-8-14;1-8(2)9-6-4-3-5-7-9/h3-11,15H,1H2,2H3;3-7H,1H2,2H3. The molecule has 1 atom stereocenters. The average Bonchev–Trinajstić information content (AvgIpc) is 2.74. The number of rotatable bonds is 6. The van der Waals surface area contributed by atoms with Gasteiger partial charge in [-0.15, -0.1) is 0 Å². The van der Waals surface area contributed by atoms with E-state index in [9.17, 15) is 4.79 Å². The molecule has 142 valence electrons. The zero-order valence-corrected chi connectivity index (χ0v) is 16.3. The summed E-state index contributed by atoms with van der Waals surface area (Å²) in [7, 11) is 1.31. The first kappa shape index (κ1) is 22.4. The summed E-state index contributed by atoms with van der Waals surface area (Å²) in [5, 5.41) is 8.57. The van der Waals surface area contributed by atoms with Crippen LogP contribution >= 0.6 is 0 Å². The number of hydrogen-bond donors (Lipinski definition) is 0. The lowest BCUT2D eigenvalue weighted by molar-refractivity contribution is -0.136. The van der Waals surface area contributed by atoms with Crippen LogP contribution in [-0.4, -0.2) is 13.1 Å². The van der Waals surface area contributed by atoms with Crippen molar-refractivity contribution in [3.63, 3.8) is 0 Å². The number of allylic oxidation sites excluding steroid dienone is 4. The van der Waals surface area contributed by atoms with Gasteiger partial charge < -0.3 is 4.74 Å². The highest BCUT2D eigenvalue weighted by atomic mass is 16.5. The monoisotopic (exact) mass is 371 g/mol. The van der Waals surface area contributed by atoms with E-state index in [-0.39, 0.29) is 5.92 Å². The van der Waals surface area contributed by atoms with Crippen molar-refractivity contribution in [2.24, 2.45) is 5.92 Å². The molecule has 2 aromatic rings. The fourth-order valence-corrected chi connectivity index (χ4v) is 2.21. The third kappa shape index (κ3) is 8.16. The van der Waals surface area contributed by atoms with E-state index in [1.54, 1.807) is 6.08 Å². The molecule has 0 saturated heterocycles. The summed E-state index contributed by atoms with van der Waals surface area (Å²) >= 11 is 0. The molecule has 2 aromatic carbocycles. The third-order valence-corrected chi connectivity index (χ3v) is 3.79. The Kier molecular flexibility index (Phi) is 10.1. The van der Waals surface area contributed by atoms with Gasteiger partial charge in [-0.05, 0) is 18.1 Å². The maximum absolute atomic E-state index is 11.5. The molecule has 0 aromatic heterocycles. The highest BCUT2D eigenvalue weighted by Gasteiger charge is 2.14. The van der Waals surface area contributed by atoms with E-state index in [0.717, 1.165) is 11.1 Å². The minimum absolute atomic E-state index is 0.293. The van der Waals surface area contributed by atoms with Crippen LogP contribution < -0.4 is 0 Å². The first-order chi connectivity index (χ1) is 13.5. The van der Waals surface area contributed by atoms with E-state index in [1.165, 1.54) is 18.7 Å². The van der Waals surface area contributed by atoms with Crippen LogP contribution in [0.2, 0.25) is 0 Å². The Labute approximate surface area is 167 Å². The number of carbonyl (C=O) groups is 1. The predicted octanol–water partition coefficient (Wildman–Crippen LogP) is 5.84. The molecule has 3 nitrogen and oxygen atoms in total. The summed E-state index contributed by atoms with van der Waals surface area (Å²) in [5.41, 5.74) is 3.64. The number of nitrogens with zero attached hydrogens (tertiary/aromatic N) is 1. The largest absolute Gasteiger partial charge is 0.466 e. The van der Waals surface area contributed by atoms with Gasteiger partial charge in [0.05, 0.1) is 13.2 Å². The molecule has 2 rings (SSSR count). The van der Waals surface area contributed by atoms with Crippen LogP contribution in [0, 0.1) is 17.2 Å². The first-order valence-electron chi connectivity index (χ1n) is 8.77. The van der Waals surface area contributed by atoms with Crippen molar-refractivity contribution < 1.29 is 9.53 Å². The molecule has 0 radical (unpaired) electrons. The molecule has 0 spiro atoms. The Morgan fingerprint density at radius 3 is 2.07 bits per heavy atom. The molecule has 0 saturated carbocycles. The van der Waals surface area contributed by atoms with Gasteiger partial charge in [-0.25, -0.2) is 4.79 Å². The van der Waals surface area contributed by atoms with E-state index in [0.29, 0.717) is 5.57 Å². The fourth-order valence-electron chi connectivity index (χ4n) is 2.21. The second-order valence-electron chi connectivity index (χ2n) is 5.95. The van der Waals surface area contributed by atoms with E-state index < -0.39 is 5.97 Å². The van der Waals surface area contributed by atoms with Gasteiger partial charge in [0.15, 0.2) is 0 Å². The lowest BCUT2D eigenvalue weighted by Crippen LogP contribution is -2.10. The van der Waals surface area contributed by atoms with E-state index >= 15 is 0 Å². The number of methoxy groups -OCH3 is 1. The van der Waals surface area contributed by atoms with Gasteiger partial charge in [0.25, 0.3) is 0 Å². The maximum atomic E-state index is 11.5. The Balaban J connectivity index is 0.000000362. The highest BCUT2D eigenvalue weighted by Crippen LogP contribution is 2.16. The Morgan fingerprint density at radius 1 is 1.04 bits per heavy atom. The summed E-state index contributed by atoms with van der Waals surface area (Å²) < 4.78 is 4.64. The summed E-state index contributed by atoms with van der Waals surface area (Å²) in [6.07, 6.45) is 6.62. The normalized spacial score (nSPS) is 11.2. The van der Waals surface area contributed by atoms with Crippen molar-refractivity contribution in [3.8, 4) is 6.07 Å². The van der Waals surface area contributed by atoms with Crippen LogP contribution in [0.5, 0.6) is 0 Å². The van der Waals surface area contributed by atoms with Crippen LogP contribution in [0.3, 0.4) is 0 Å². The minimum atomic E-state index is -0.481. The number of nitriles is 1. The van der Waals surface area contributed by atoms with E-state index in [4.69, 9.17) is 5.26 Å². The zero-order chi connectivity index (χ0) is 20.8. The molecule has 0 aliphatic heterocycles.